The van der Waals surface area contributed by atoms with Gasteiger partial charge in [0.25, 0.3) is 0 Å². The maximum Gasteiger partial charge on any atom is 0.315 e. The molecule has 110 valence electrons. The first kappa shape index (κ1) is 16.5. The molecule has 0 aromatic heterocycles. The van der Waals surface area contributed by atoms with Crippen molar-refractivity contribution in [2.75, 3.05) is 14.2 Å². The molecule has 0 unspecified atom stereocenters. The normalized spacial score (nSPS) is 11.1. The lowest BCUT2D eigenvalue weighted by Crippen LogP contribution is -2.30. The lowest BCUT2D eigenvalue weighted by molar-refractivity contribution is -0.146. The monoisotopic (exact) mass is 344 g/mol. The Kier molecular flexibility index (Phi) is 5.16. The topological polar surface area (TPSA) is 72.8 Å². The molecule has 0 fully saturated rings. The molecular weight excluding hydrogens is 328 g/mol. The lowest BCUT2D eigenvalue weighted by Gasteiger charge is -2.25. The van der Waals surface area contributed by atoms with Gasteiger partial charge in [-0.1, -0.05) is 15.9 Å². The number of carboxylic acids is 1. The molecule has 1 aromatic rings. The summed E-state index contributed by atoms with van der Waals surface area (Å²) in [4.78, 5) is 22.7. The van der Waals surface area contributed by atoms with Crippen LogP contribution >= 0.6 is 15.9 Å². The summed E-state index contributed by atoms with van der Waals surface area (Å²) in [6.45, 7) is 3.44. The number of rotatable bonds is 5. The summed E-state index contributed by atoms with van der Waals surface area (Å²) in [5, 5.41) is 8.87. The van der Waals surface area contributed by atoms with Crippen LogP contribution < -0.4 is 4.74 Å². The molecule has 0 spiro atoms. The number of ether oxygens (including phenoxy) is 2. The fourth-order valence-corrected chi connectivity index (χ4v) is 2.40. The molecule has 0 bridgehead atoms. The van der Waals surface area contributed by atoms with E-state index >= 15 is 0 Å². The molecule has 1 rings (SSSR count). The molecule has 0 saturated carbocycles. The van der Waals surface area contributed by atoms with Crippen molar-refractivity contribution in [1.29, 1.82) is 0 Å². The third-order valence-corrected chi connectivity index (χ3v) is 3.82. The fourth-order valence-electron chi connectivity index (χ4n) is 1.92. The van der Waals surface area contributed by atoms with E-state index in [1.165, 1.54) is 14.2 Å². The van der Waals surface area contributed by atoms with Crippen LogP contribution in [0.1, 0.15) is 25.0 Å². The van der Waals surface area contributed by atoms with Crippen LogP contribution in [0.2, 0.25) is 0 Å². The zero-order chi connectivity index (χ0) is 15.5. The second kappa shape index (κ2) is 6.26. The Labute approximate surface area is 126 Å². The molecule has 0 heterocycles. The Balaban J connectivity index is 3.38. The van der Waals surface area contributed by atoms with Crippen molar-refractivity contribution in [2.45, 2.75) is 25.7 Å². The number of aliphatic carboxylic acids is 1. The quantitative estimate of drug-likeness (QED) is 0.831. The third-order valence-electron chi connectivity index (χ3n) is 3.08. The number of carbonyl (C=O) groups is 2. The van der Waals surface area contributed by atoms with Crippen LogP contribution in [0.3, 0.4) is 0 Å². The maximum atomic E-state index is 11.9. The zero-order valence-electron chi connectivity index (χ0n) is 11.8. The minimum Gasteiger partial charge on any atom is -0.496 e. The molecule has 1 N–H and O–H groups in total. The highest BCUT2D eigenvalue weighted by molar-refractivity contribution is 9.10. The molecular formula is C14H17BrO5. The summed E-state index contributed by atoms with van der Waals surface area (Å²) in [5.74, 6) is -0.874. The standard InChI is InChI=1S/C14H17BrO5/c1-14(2,13(18)20-4)9-7-10(15)8(6-12(16)17)5-11(9)19-3/h5,7H,6H2,1-4H3,(H,16,17). The second-order valence-electron chi connectivity index (χ2n) is 4.83. The number of carbonyl (C=O) groups excluding carboxylic acids is 1. The zero-order valence-corrected chi connectivity index (χ0v) is 13.4. The summed E-state index contributed by atoms with van der Waals surface area (Å²) < 4.78 is 10.7. The van der Waals surface area contributed by atoms with Gasteiger partial charge in [0.15, 0.2) is 0 Å². The van der Waals surface area contributed by atoms with Crippen molar-refractivity contribution in [2.24, 2.45) is 0 Å². The van der Waals surface area contributed by atoms with Crippen molar-refractivity contribution in [1.82, 2.24) is 0 Å². The van der Waals surface area contributed by atoms with E-state index in [1.54, 1.807) is 26.0 Å². The first-order valence-electron chi connectivity index (χ1n) is 5.91. The van der Waals surface area contributed by atoms with Gasteiger partial charge < -0.3 is 14.6 Å². The van der Waals surface area contributed by atoms with Gasteiger partial charge in [-0.05, 0) is 31.5 Å². The van der Waals surface area contributed by atoms with Crippen molar-refractivity contribution in [3.8, 4) is 5.75 Å². The Morgan fingerprint density at radius 2 is 1.90 bits per heavy atom. The van der Waals surface area contributed by atoms with E-state index in [-0.39, 0.29) is 6.42 Å². The van der Waals surface area contributed by atoms with Crippen molar-refractivity contribution in [3.63, 3.8) is 0 Å². The number of carboxylic acid groups (broad SMARTS) is 1. The number of hydrogen-bond acceptors (Lipinski definition) is 4. The van der Waals surface area contributed by atoms with Crippen LogP contribution in [0.25, 0.3) is 0 Å². The van der Waals surface area contributed by atoms with Crippen LogP contribution in [0.5, 0.6) is 5.75 Å². The molecule has 20 heavy (non-hydrogen) atoms. The van der Waals surface area contributed by atoms with E-state index in [0.717, 1.165) is 0 Å². The summed E-state index contributed by atoms with van der Waals surface area (Å²) in [6.07, 6.45) is -0.129. The van der Waals surface area contributed by atoms with Crippen LogP contribution in [0.4, 0.5) is 0 Å². The van der Waals surface area contributed by atoms with Gasteiger partial charge in [0.1, 0.15) is 5.75 Å². The molecule has 0 radical (unpaired) electrons. The highest BCUT2D eigenvalue weighted by Gasteiger charge is 2.34. The predicted octanol–water partition coefficient (Wildman–Crippen LogP) is 2.54. The Hall–Kier alpha value is -1.56. The van der Waals surface area contributed by atoms with Gasteiger partial charge >= 0.3 is 11.9 Å². The van der Waals surface area contributed by atoms with E-state index in [4.69, 9.17) is 14.6 Å². The number of benzene rings is 1. The smallest absolute Gasteiger partial charge is 0.315 e. The molecule has 0 aliphatic rings. The van der Waals surface area contributed by atoms with E-state index in [1.807, 2.05) is 0 Å². The number of hydrogen-bond donors (Lipinski definition) is 1. The minimum absolute atomic E-state index is 0.129. The summed E-state index contributed by atoms with van der Waals surface area (Å²) in [5.41, 5.74) is 0.316. The second-order valence-corrected chi connectivity index (χ2v) is 5.69. The van der Waals surface area contributed by atoms with Gasteiger partial charge in [-0.3, -0.25) is 9.59 Å². The Morgan fingerprint density at radius 3 is 2.35 bits per heavy atom. The average molecular weight is 345 g/mol. The van der Waals surface area contributed by atoms with Crippen molar-refractivity contribution in [3.05, 3.63) is 27.7 Å². The van der Waals surface area contributed by atoms with Gasteiger partial charge in [0.05, 0.1) is 26.1 Å². The van der Waals surface area contributed by atoms with E-state index in [2.05, 4.69) is 15.9 Å². The average Bonchev–Trinajstić information content (AvgIpc) is 2.38. The molecule has 0 saturated heterocycles. The number of methoxy groups -OCH3 is 2. The van der Waals surface area contributed by atoms with Crippen molar-refractivity contribution >= 4 is 27.9 Å². The van der Waals surface area contributed by atoms with Gasteiger partial charge in [-0.25, -0.2) is 0 Å². The van der Waals surface area contributed by atoms with Crippen LogP contribution in [0.15, 0.2) is 16.6 Å². The van der Waals surface area contributed by atoms with Gasteiger partial charge in [0, 0.05) is 10.0 Å². The highest BCUT2D eigenvalue weighted by Crippen LogP contribution is 2.36. The van der Waals surface area contributed by atoms with Gasteiger partial charge in [-0.15, -0.1) is 0 Å². The number of esters is 1. The summed E-state index contributed by atoms with van der Waals surface area (Å²) in [7, 11) is 2.80. The maximum absolute atomic E-state index is 11.9. The van der Waals surface area contributed by atoms with Gasteiger partial charge in [-0.2, -0.15) is 0 Å². The van der Waals surface area contributed by atoms with E-state index in [9.17, 15) is 9.59 Å². The lowest BCUT2D eigenvalue weighted by atomic mass is 9.83. The summed E-state index contributed by atoms with van der Waals surface area (Å²) >= 11 is 3.33. The Morgan fingerprint density at radius 1 is 1.30 bits per heavy atom. The molecule has 6 heteroatoms. The molecule has 0 atom stereocenters. The first-order chi connectivity index (χ1) is 9.23. The summed E-state index contributed by atoms with van der Waals surface area (Å²) in [6, 6.07) is 3.33. The van der Waals surface area contributed by atoms with E-state index < -0.39 is 17.4 Å². The van der Waals surface area contributed by atoms with Crippen molar-refractivity contribution < 1.29 is 24.2 Å². The first-order valence-corrected chi connectivity index (χ1v) is 6.70. The van der Waals surface area contributed by atoms with E-state index in [0.29, 0.717) is 21.3 Å². The molecule has 0 amide bonds. The largest absolute Gasteiger partial charge is 0.496 e. The minimum atomic E-state index is -0.937. The van der Waals surface area contributed by atoms with Crippen LogP contribution in [0, 0.1) is 0 Å². The van der Waals surface area contributed by atoms with Crippen LogP contribution in [-0.4, -0.2) is 31.3 Å². The third kappa shape index (κ3) is 3.30. The predicted molar refractivity (Wildman–Crippen MR) is 77.1 cm³/mol. The number of halogens is 1. The Bertz CT molecular complexity index is 537. The van der Waals surface area contributed by atoms with Crippen LogP contribution in [-0.2, 0) is 26.2 Å². The molecule has 0 aliphatic heterocycles. The SMILES string of the molecule is COC(=O)C(C)(C)c1cc(Br)c(CC(=O)O)cc1OC. The molecule has 0 aliphatic carbocycles. The fraction of sp³-hybridized carbons (Fsp3) is 0.429. The highest BCUT2D eigenvalue weighted by atomic mass is 79.9. The molecule has 5 nitrogen and oxygen atoms in total. The van der Waals surface area contributed by atoms with Gasteiger partial charge in [0.2, 0.25) is 0 Å². The molecule has 1 aromatic carbocycles.